The number of imide groups is 1. The minimum Gasteiger partial charge on any atom is -0.465 e. The van der Waals surface area contributed by atoms with Gasteiger partial charge in [-0.25, -0.2) is 4.90 Å². The third-order valence-electron chi connectivity index (χ3n) is 6.30. The summed E-state index contributed by atoms with van der Waals surface area (Å²) < 4.78 is 5.41. The van der Waals surface area contributed by atoms with Crippen LogP contribution in [0, 0.1) is 11.8 Å². The molecule has 4 atom stereocenters. The second kappa shape index (κ2) is 8.60. The number of anilines is 1. The molecule has 32 heavy (non-hydrogen) atoms. The van der Waals surface area contributed by atoms with Gasteiger partial charge in [-0.3, -0.25) is 24.5 Å². The number of Topliss-reactive ketones (excluding diaryl/α,β-unsaturated/α-hetero) is 1. The Labute approximate surface area is 190 Å². The second-order valence-corrected chi connectivity index (χ2v) is 9.18. The smallest absolute Gasteiger partial charge is 0.327 e. The summed E-state index contributed by atoms with van der Waals surface area (Å²) in [6.07, 6.45) is 1.00. The number of amides is 2. The molecule has 2 aliphatic heterocycles. The van der Waals surface area contributed by atoms with E-state index in [0.717, 1.165) is 9.78 Å². The van der Waals surface area contributed by atoms with Gasteiger partial charge in [-0.15, -0.1) is 11.3 Å². The summed E-state index contributed by atoms with van der Waals surface area (Å²) in [6.45, 7) is 5.28. The summed E-state index contributed by atoms with van der Waals surface area (Å²) in [5.41, 5.74) is -0.524. The molecule has 1 N–H and O–H groups in total. The molecule has 0 spiro atoms. The lowest BCUT2D eigenvalue weighted by atomic mass is 9.77. The van der Waals surface area contributed by atoms with Crippen molar-refractivity contribution in [3.63, 3.8) is 0 Å². The average molecular weight is 455 g/mol. The zero-order chi connectivity index (χ0) is 23.0. The third kappa shape index (κ3) is 3.38. The zero-order valence-electron chi connectivity index (χ0n) is 18.3. The third-order valence-corrected chi connectivity index (χ3v) is 7.25. The Hall–Kier alpha value is -2.84. The van der Waals surface area contributed by atoms with Gasteiger partial charge in [-0.1, -0.05) is 31.5 Å². The van der Waals surface area contributed by atoms with Crippen molar-refractivity contribution in [2.45, 2.75) is 45.2 Å². The van der Waals surface area contributed by atoms with E-state index in [9.17, 15) is 19.2 Å². The maximum atomic E-state index is 13.8. The number of carbonyl (C=O) groups is 4. The van der Waals surface area contributed by atoms with Crippen molar-refractivity contribution < 1.29 is 23.9 Å². The van der Waals surface area contributed by atoms with Crippen molar-refractivity contribution in [3.8, 4) is 0 Å². The normalized spacial score (nSPS) is 27.0. The number of nitrogens with one attached hydrogen (secondary N) is 1. The topological polar surface area (TPSA) is 92.8 Å². The van der Waals surface area contributed by atoms with Gasteiger partial charge in [0.2, 0.25) is 11.8 Å². The van der Waals surface area contributed by atoms with Crippen molar-refractivity contribution in [3.05, 3.63) is 52.2 Å². The summed E-state index contributed by atoms with van der Waals surface area (Å²) in [5.74, 6) is -3.09. The van der Waals surface area contributed by atoms with E-state index in [4.69, 9.17) is 4.74 Å². The zero-order valence-corrected chi connectivity index (χ0v) is 19.1. The summed E-state index contributed by atoms with van der Waals surface area (Å²) >= 11 is 1.48. The molecule has 3 heterocycles. The van der Waals surface area contributed by atoms with E-state index < -0.39 is 35.3 Å². The lowest BCUT2D eigenvalue weighted by molar-refractivity contribution is -0.155. The van der Waals surface area contributed by atoms with Gasteiger partial charge < -0.3 is 4.74 Å². The summed E-state index contributed by atoms with van der Waals surface area (Å²) in [4.78, 5) is 54.6. The lowest BCUT2D eigenvalue weighted by Gasteiger charge is -2.32. The number of thiophene rings is 1. The predicted octanol–water partition coefficient (Wildman–Crippen LogP) is 3.50. The largest absolute Gasteiger partial charge is 0.465 e. The van der Waals surface area contributed by atoms with Crippen LogP contribution in [-0.2, 0) is 19.1 Å². The van der Waals surface area contributed by atoms with Crippen LogP contribution >= 0.6 is 11.3 Å². The molecular weight excluding hydrogens is 428 g/mol. The van der Waals surface area contributed by atoms with Gasteiger partial charge in [-0.2, -0.15) is 0 Å². The fraction of sp³-hybridized carbons (Fsp3) is 0.417. The molecular formula is C24H26N2O5S. The molecule has 4 rings (SSSR count). The molecule has 7 nitrogen and oxygen atoms in total. The quantitative estimate of drug-likeness (QED) is 0.391. The highest BCUT2D eigenvalue weighted by atomic mass is 32.1. The van der Waals surface area contributed by atoms with Crippen LogP contribution in [0.2, 0.25) is 0 Å². The SMILES string of the molecule is CCC[C@]1(C(=O)OCC)N[C@@H](c2cccs2)[C@H]2C(=O)N(c3cccc(C(C)=O)c3)C(=O)[C@@H]21. The number of ether oxygens (including phenoxy) is 1. The van der Waals surface area contributed by atoms with E-state index in [1.165, 1.54) is 18.3 Å². The molecule has 2 aliphatic rings. The van der Waals surface area contributed by atoms with Crippen molar-refractivity contribution >= 4 is 40.6 Å². The first kappa shape index (κ1) is 22.4. The first-order valence-corrected chi connectivity index (χ1v) is 11.7. The molecule has 2 amide bonds. The van der Waals surface area contributed by atoms with Gasteiger partial charge in [0.1, 0.15) is 5.54 Å². The number of rotatable bonds is 7. The average Bonchev–Trinajstić information content (AvgIpc) is 3.46. The number of fused-ring (bicyclic) bond motifs is 1. The molecule has 1 aromatic carbocycles. The molecule has 0 unspecified atom stereocenters. The number of nitrogens with zero attached hydrogens (tertiary/aromatic N) is 1. The summed E-state index contributed by atoms with van der Waals surface area (Å²) in [7, 11) is 0. The molecule has 2 aromatic rings. The highest BCUT2D eigenvalue weighted by molar-refractivity contribution is 7.10. The maximum Gasteiger partial charge on any atom is 0.327 e. The van der Waals surface area contributed by atoms with E-state index in [1.54, 1.807) is 31.2 Å². The van der Waals surface area contributed by atoms with E-state index >= 15 is 0 Å². The Morgan fingerprint density at radius 2 is 1.94 bits per heavy atom. The van der Waals surface area contributed by atoms with E-state index in [0.29, 0.717) is 24.1 Å². The number of ketones is 1. The van der Waals surface area contributed by atoms with Crippen LogP contribution in [0.25, 0.3) is 0 Å². The van der Waals surface area contributed by atoms with Gasteiger partial charge in [0.05, 0.1) is 30.2 Å². The van der Waals surface area contributed by atoms with Crippen LogP contribution in [0.4, 0.5) is 5.69 Å². The van der Waals surface area contributed by atoms with Crippen LogP contribution < -0.4 is 10.2 Å². The van der Waals surface area contributed by atoms with E-state index in [1.807, 2.05) is 24.4 Å². The highest BCUT2D eigenvalue weighted by Gasteiger charge is 2.68. The second-order valence-electron chi connectivity index (χ2n) is 8.20. The van der Waals surface area contributed by atoms with Gasteiger partial charge in [0.25, 0.3) is 0 Å². The molecule has 168 valence electrons. The summed E-state index contributed by atoms with van der Waals surface area (Å²) in [5, 5.41) is 5.28. The number of benzene rings is 1. The predicted molar refractivity (Wildman–Crippen MR) is 120 cm³/mol. The monoisotopic (exact) mass is 454 g/mol. The Morgan fingerprint density at radius 1 is 1.16 bits per heavy atom. The van der Waals surface area contributed by atoms with Crippen LogP contribution in [0.1, 0.15) is 54.9 Å². The number of carbonyl (C=O) groups excluding carboxylic acids is 4. The molecule has 2 fully saturated rings. The van der Waals surface area contributed by atoms with Crippen LogP contribution in [0.3, 0.4) is 0 Å². The molecule has 0 saturated carbocycles. The summed E-state index contributed by atoms with van der Waals surface area (Å²) in [6, 6.07) is 9.81. The Balaban J connectivity index is 1.84. The first-order chi connectivity index (χ1) is 15.4. The molecule has 0 radical (unpaired) electrons. The first-order valence-electron chi connectivity index (χ1n) is 10.8. The minimum atomic E-state index is -1.29. The van der Waals surface area contributed by atoms with Gasteiger partial charge >= 0.3 is 5.97 Å². The number of esters is 1. The van der Waals surface area contributed by atoms with Crippen molar-refractivity contribution in [1.82, 2.24) is 5.32 Å². The minimum absolute atomic E-state index is 0.156. The van der Waals surface area contributed by atoms with Crippen LogP contribution in [0.5, 0.6) is 0 Å². The lowest BCUT2D eigenvalue weighted by Crippen LogP contribution is -2.56. The van der Waals surface area contributed by atoms with E-state index in [2.05, 4.69) is 5.32 Å². The van der Waals surface area contributed by atoms with Gasteiger partial charge in [0, 0.05) is 10.4 Å². The molecule has 0 bridgehead atoms. The fourth-order valence-electron chi connectivity index (χ4n) is 5.01. The van der Waals surface area contributed by atoms with Crippen molar-refractivity contribution in [1.29, 1.82) is 0 Å². The van der Waals surface area contributed by atoms with Crippen LogP contribution in [-0.4, -0.2) is 35.7 Å². The molecule has 0 aliphatic carbocycles. The standard InChI is InChI=1S/C24H26N2O5S/c1-4-11-24(23(30)31-5-2)19-18(20(25-24)17-10-7-12-32-17)21(28)26(22(19)29)16-9-6-8-15(13-16)14(3)27/h6-10,12-13,18-20,25H,4-5,11H2,1-3H3/t18-,19+,20-,24-/m0/s1. The maximum absolute atomic E-state index is 13.8. The van der Waals surface area contributed by atoms with E-state index in [-0.39, 0.29) is 18.3 Å². The van der Waals surface area contributed by atoms with Crippen LogP contribution in [0.15, 0.2) is 41.8 Å². The Kier molecular flexibility index (Phi) is 6.01. The number of hydrogen-bond acceptors (Lipinski definition) is 7. The molecule has 1 aromatic heterocycles. The molecule has 8 heteroatoms. The van der Waals surface area contributed by atoms with Crippen molar-refractivity contribution in [2.75, 3.05) is 11.5 Å². The highest BCUT2D eigenvalue weighted by Crippen LogP contribution is 2.52. The Bertz CT molecular complexity index is 1070. The van der Waals surface area contributed by atoms with Crippen molar-refractivity contribution in [2.24, 2.45) is 11.8 Å². The molecule has 2 saturated heterocycles. The Morgan fingerprint density at radius 3 is 2.56 bits per heavy atom. The van der Waals surface area contributed by atoms with Gasteiger partial charge in [0.15, 0.2) is 5.78 Å². The van der Waals surface area contributed by atoms with Gasteiger partial charge in [-0.05, 0) is 43.8 Å². The number of hydrogen-bond donors (Lipinski definition) is 1. The fourth-order valence-corrected chi connectivity index (χ4v) is 5.83.